The Bertz CT molecular complexity index is 652. The number of nitrogens with one attached hydrogen (secondary N) is 1. The van der Waals surface area contributed by atoms with Crippen LogP contribution in [0.5, 0.6) is 0 Å². The molecule has 102 valence electrons. The highest BCUT2D eigenvalue weighted by atomic mass is 32.2. The van der Waals surface area contributed by atoms with Crippen LogP contribution in [-0.4, -0.2) is 18.6 Å². The van der Waals surface area contributed by atoms with Crippen molar-refractivity contribution in [2.24, 2.45) is 0 Å². The van der Waals surface area contributed by atoms with E-state index in [-0.39, 0.29) is 18.2 Å². The van der Waals surface area contributed by atoms with Crippen LogP contribution in [0, 0.1) is 12.7 Å². The monoisotopic (exact) mass is 285 g/mol. The summed E-state index contributed by atoms with van der Waals surface area (Å²) in [5.74, 6) is -0.0104. The van der Waals surface area contributed by atoms with E-state index < -0.39 is 15.8 Å². The minimum atomic E-state index is -3.54. The van der Waals surface area contributed by atoms with E-state index in [1.54, 1.807) is 6.92 Å². The summed E-state index contributed by atoms with van der Waals surface area (Å²) < 4.78 is 43.4. The Hall–Kier alpha value is -1.80. The van der Waals surface area contributed by atoms with E-state index in [9.17, 15) is 12.8 Å². The number of aromatic nitrogens is 2. The molecular formula is C11H12FN3O3S. The van der Waals surface area contributed by atoms with Gasteiger partial charge in [0, 0.05) is 0 Å². The predicted octanol–water partition coefficient (Wildman–Crippen LogP) is 1.14. The zero-order chi connectivity index (χ0) is 13.9. The first-order valence-electron chi connectivity index (χ1n) is 5.45. The molecule has 0 aliphatic carbocycles. The highest BCUT2D eigenvalue weighted by Gasteiger charge is 2.13. The summed E-state index contributed by atoms with van der Waals surface area (Å²) in [6, 6.07) is 5.27. The van der Waals surface area contributed by atoms with Gasteiger partial charge < -0.3 is 4.52 Å². The van der Waals surface area contributed by atoms with E-state index in [0.717, 1.165) is 0 Å². The number of aryl methyl sites for hydroxylation is 1. The van der Waals surface area contributed by atoms with Gasteiger partial charge in [-0.2, -0.15) is 4.98 Å². The van der Waals surface area contributed by atoms with Gasteiger partial charge in [-0.25, -0.2) is 17.5 Å². The Labute approximate surface area is 109 Å². The molecule has 6 nitrogen and oxygen atoms in total. The van der Waals surface area contributed by atoms with Crippen LogP contribution in [-0.2, 0) is 22.3 Å². The third kappa shape index (κ3) is 4.11. The smallest absolute Gasteiger partial charge is 0.241 e. The fraction of sp³-hybridized carbons (Fsp3) is 0.273. The van der Waals surface area contributed by atoms with E-state index >= 15 is 0 Å². The Morgan fingerprint density at radius 3 is 2.58 bits per heavy atom. The summed E-state index contributed by atoms with van der Waals surface area (Å²) in [6.45, 7) is 1.57. The standard InChI is InChI=1S/C11H12FN3O3S/c1-8-14-11(18-15-8)6-13-19(16,17)7-9-2-4-10(12)5-3-9/h2-5,13H,6-7H2,1H3. The normalized spacial score (nSPS) is 11.7. The highest BCUT2D eigenvalue weighted by Crippen LogP contribution is 2.07. The topological polar surface area (TPSA) is 85.1 Å². The second-order valence-electron chi connectivity index (χ2n) is 3.94. The molecule has 19 heavy (non-hydrogen) atoms. The number of rotatable bonds is 5. The minimum absolute atomic E-state index is 0.0651. The Balaban J connectivity index is 1.97. The van der Waals surface area contributed by atoms with Gasteiger partial charge in [-0.15, -0.1) is 0 Å². The average molecular weight is 285 g/mol. The van der Waals surface area contributed by atoms with Gasteiger partial charge >= 0.3 is 0 Å². The van der Waals surface area contributed by atoms with Gasteiger partial charge in [0.15, 0.2) is 5.82 Å². The third-order valence-electron chi connectivity index (χ3n) is 2.28. The number of halogens is 1. The van der Waals surface area contributed by atoms with E-state index in [1.165, 1.54) is 24.3 Å². The van der Waals surface area contributed by atoms with Crippen molar-refractivity contribution in [1.29, 1.82) is 0 Å². The molecule has 0 fully saturated rings. The molecule has 1 N–H and O–H groups in total. The lowest BCUT2D eigenvalue weighted by Crippen LogP contribution is -2.24. The van der Waals surface area contributed by atoms with Crippen LogP contribution in [0.2, 0.25) is 0 Å². The molecule has 0 aliphatic heterocycles. The largest absolute Gasteiger partial charge is 0.338 e. The molecule has 1 aromatic heterocycles. The maximum atomic E-state index is 12.7. The van der Waals surface area contributed by atoms with Crippen LogP contribution >= 0.6 is 0 Å². The summed E-state index contributed by atoms with van der Waals surface area (Å²) in [7, 11) is -3.54. The second kappa shape index (κ2) is 5.45. The fourth-order valence-electron chi connectivity index (χ4n) is 1.43. The first-order valence-corrected chi connectivity index (χ1v) is 7.11. The fourth-order valence-corrected chi connectivity index (χ4v) is 2.51. The maximum Gasteiger partial charge on any atom is 0.241 e. The van der Waals surface area contributed by atoms with Gasteiger partial charge in [0.05, 0.1) is 12.3 Å². The Morgan fingerprint density at radius 2 is 2.00 bits per heavy atom. The van der Waals surface area contributed by atoms with Crippen molar-refractivity contribution in [2.45, 2.75) is 19.2 Å². The molecule has 0 bridgehead atoms. The molecule has 0 atom stereocenters. The van der Waals surface area contributed by atoms with Crippen molar-refractivity contribution in [1.82, 2.24) is 14.9 Å². The number of hydrogen-bond acceptors (Lipinski definition) is 5. The number of benzene rings is 1. The van der Waals surface area contributed by atoms with Crippen LogP contribution in [0.4, 0.5) is 4.39 Å². The van der Waals surface area contributed by atoms with Gasteiger partial charge in [-0.3, -0.25) is 0 Å². The summed E-state index contributed by atoms with van der Waals surface area (Å²) >= 11 is 0. The molecule has 0 aliphatic rings. The van der Waals surface area contributed by atoms with Crippen molar-refractivity contribution in [2.75, 3.05) is 0 Å². The predicted molar refractivity (Wildman–Crippen MR) is 64.9 cm³/mol. The number of nitrogens with zero attached hydrogens (tertiary/aromatic N) is 2. The Morgan fingerprint density at radius 1 is 1.32 bits per heavy atom. The third-order valence-corrected chi connectivity index (χ3v) is 3.58. The lowest BCUT2D eigenvalue weighted by Gasteiger charge is -2.04. The molecule has 1 heterocycles. The molecule has 0 radical (unpaired) electrons. The van der Waals surface area contributed by atoms with E-state index in [1.807, 2.05) is 0 Å². The molecule has 0 spiro atoms. The first kappa shape index (κ1) is 13.6. The van der Waals surface area contributed by atoms with E-state index in [0.29, 0.717) is 11.4 Å². The van der Waals surface area contributed by atoms with Gasteiger partial charge in [0.1, 0.15) is 5.82 Å². The molecule has 0 saturated heterocycles. The van der Waals surface area contributed by atoms with Crippen molar-refractivity contribution in [3.63, 3.8) is 0 Å². The van der Waals surface area contributed by atoms with E-state index in [4.69, 9.17) is 4.52 Å². The van der Waals surface area contributed by atoms with Gasteiger partial charge in [-0.1, -0.05) is 17.3 Å². The van der Waals surface area contributed by atoms with E-state index in [2.05, 4.69) is 14.9 Å². The summed E-state index contributed by atoms with van der Waals surface area (Å²) in [5, 5.41) is 3.55. The molecule has 8 heteroatoms. The molecule has 0 unspecified atom stereocenters. The van der Waals surface area contributed by atoms with Crippen LogP contribution in [0.15, 0.2) is 28.8 Å². The lowest BCUT2D eigenvalue weighted by molar-refractivity contribution is 0.372. The molecule has 2 aromatic rings. The average Bonchev–Trinajstić information content (AvgIpc) is 2.76. The van der Waals surface area contributed by atoms with Crippen LogP contribution in [0.3, 0.4) is 0 Å². The van der Waals surface area contributed by atoms with Gasteiger partial charge in [-0.05, 0) is 24.6 Å². The molecular weight excluding hydrogens is 273 g/mol. The van der Waals surface area contributed by atoms with Crippen molar-refractivity contribution in [3.05, 3.63) is 47.4 Å². The number of hydrogen-bond donors (Lipinski definition) is 1. The molecule has 2 rings (SSSR count). The maximum absolute atomic E-state index is 12.7. The van der Waals surface area contributed by atoms with Crippen molar-refractivity contribution >= 4 is 10.0 Å². The highest BCUT2D eigenvalue weighted by molar-refractivity contribution is 7.88. The number of sulfonamides is 1. The van der Waals surface area contributed by atoms with Crippen molar-refractivity contribution < 1.29 is 17.3 Å². The first-order chi connectivity index (χ1) is 8.94. The summed E-state index contributed by atoms with van der Waals surface area (Å²) in [5.41, 5.74) is 0.496. The molecule has 0 saturated carbocycles. The van der Waals surface area contributed by atoms with Gasteiger partial charge in [0.25, 0.3) is 0 Å². The molecule has 0 amide bonds. The van der Waals surface area contributed by atoms with Crippen LogP contribution in [0.25, 0.3) is 0 Å². The Kier molecular flexibility index (Phi) is 3.91. The van der Waals surface area contributed by atoms with Crippen LogP contribution < -0.4 is 4.72 Å². The molecule has 1 aromatic carbocycles. The summed E-state index contributed by atoms with van der Waals surface area (Å²) in [4.78, 5) is 3.88. The second-order valence-corrected chi connectivity index (χ2v) is 5.75. The SMILES string of the molecule is Cc1noc(CNS(=O)(=O)Cc2ccc(F)cc2)n1. The van der Waals surface area contributed by atoms with Crippen LogP contribution in [0.1, 0.15) is 17.3 Å². The minimum Gasteiger partial charge on any atom is -0.338 e. The quantitative estimate of drug-likeness (QED) is 0.890. The zero-order valence-electron chi connectivity index (χ0n) is 10.1. The zero-order valence-corrected chi connectivity index (χ0v) is 10.9. The van der Waals surface area contributed by atoms with Gasteiger partial charge in [0.2, 0.25) is 15.9 Å². The van der Waals surface area contributed by atoms with Crippen molar-refractivity contribution in [3.8, 4) is 0 Å². The lowest BCUT2D eigenvalue weighted by atomic mass is 10.2. The summed E-state index contributed by atoms with van der Waals surface area (Å²) in [6.07, 6.45) is 0.